The molecule has 0 unspecified atom stereocenters. The number of hydrogen-bond acceptors (Lipinski definition) is 5. The molecule has 0 aliphatic heterocycles. The maximum absolute atomic E-state index is 13.0. The second kappa shape index (κ2) is 18.1. The molecular weight excluding hydrogens is 572 g/mol. The van der Waals surface area contributed by atoms with E-state index in [1.165, 1.54) is 19.3 Å². The minimum atomic E-state index is -0.411. The molecule has 0 aliphatic carbocycles. The van der Waals surface area contributed by atoms with Crippen molar-refractivity contribution in [2.45, 2.75) is 104 Å². The summed E-state index contributed by atoms with van der Waals surface area (Å²) >= 11 is 0. The lowest BCUT2D eigenvalue weighted by atomic mass is 9.97. The number of carbonyl (C=O) groups is 2. The normalized spacial score (nSPS) is 11.8. The van der Waals surface area contributed by atoms with Gasteiger partial charge in [0.05, 0.1) is 18.1 Å². The molecular formula is C41H50O5. The van der Waals surface area contributed by atoms with Crippen LogP contribution in [0.4, 0.5) is 0 Å². The second-order valence-corrected chi connectivity index (χ2v) is 12.2. The van der Waals surface area contributed by atoms with Crippen molar-refractivity contribution < 1.29 is 23.8 Å². The quantitative estimate of drug-likeness (QED) is 0.0627. The first-order valence-corrected chi connectivity index (χ1v) is 17.2. The third kappa shape index (κ3) is 10.2. The zero-order valence-corrected chi connectivity index (χ0v) is 28.1. The largest absolute Gasteiger partial charge is 0.494 e. The highest BCUT2D eigenvalue weighted by molar-refractivity contribution is 5.93. The lowest BCUT2D eigenvalue weighted by Gasteiger charge is -2.20. The number of ether oxygens (including phenoxy) is 3. The summed E-state index contributed by atoms with van der Waals surface area (Å²) < 4.78 is 17.5. The molecule has 5 nitrogen and oxygen atoms in total. The van der Waals surface area contributed by atoms with Crippen LogP contribution in [0.2, 0.25) is 0 Å². The molecule has 244 valence electrons. The van der Waals surface area contributed by atoms with Gasteiger partial charge in [-0.1, -0.05) is 114 Å². The molecule has 0 spiro atoms. The zero-order valence-electron chi connectivity index (χ0n) is 28.1. The van der Waals surface area contributed by atoms with E-state index in [9.17, 15) is 9.59 Å². The minimum absolute atomic E-state index is 0.0138. The third-order valence-electron chi connectivity index (χ3n) is 8.52. The van der Waals surface area contributed by atoms with Gasteiger partial charge in [-0.3, -0.25) is 4.79 Å². The van der Waals surface area contributed by atoms with E-state index in [1.54, 1.807) is 18.2 Å². The highest BCUT2D eigenvalue weighted by atomic mass is 16.5. The SMILES string of the molecule is CCCCCCOc1ccc(-c2ccc(C(=O)Oc3ccc4cc([C@H](C)C(=O)OC(CCCC)CCCC)ccc4c3)cc2)cc1. The molecule has 0 bridgehead atoms. The average molecular weight is 623 g/mol. The van der Waals surface area contributed by atoms with Crippen LogP contribution in [0, 0.1) is 0 Å². The van der Waals surface area contributed by atoms with Gasteiger partial charge in [-0.25, -0.2) is 4.79 Å². The lowest BCUT2D eigenvalue weighted by Crippen LogP contribution is -2.22. The molecule has 1 atom stereocenters. The van der Waals surface area contributed by atoms with E-state index in [-0.39, 0.29) is 18.0 Å². The number of benzene rings is 4. The van der Waals surface area contributed by atoms with E-state index >= 15 is 0 Å². The Morgan fingerprint density at radius 1 is 0.630 bits per heavy atom. The zero-order chi connectivity index (χ0) is 32.7. The monoisotopic (exact) mass is 622 g/mol. The van der Waals surface area contributed by atoms with Gasteiger partial charge in [-0.2, -0.15) is 0 Å². The van der Waals surface area contributed by atoms with Crippen molar-refractivity contribution in [2.24, 2.45) is 0 Å². The predicted octanol–water partition coefficient (Wildman–Crippen LogP) is 11.1. The van der Waals surface area contributed by atoms with Gasteiger partial charge in [-0.05, 0) is 90.0 Å². The molecule has 0 radical (unpaired) electrons. The van der Waals surface area contributed by atoms with Gasteiger partial charge < -0.3 is 14.2 Å². The summed E-state index contributed by atoms with van der Waals surface area (Å²) in [6, 6.07) is 27.0. The van der Waals surface area contributed by atoms with E-state index in [0.717, 1.165) is 84.8 Å². The number of unbranched alkanes of at least 4 members (excludes halogenated alkanes) is 5. The molecule has 0 saturated heterocycles. The number of hydrogen-bond donors (Lipinski definition) is 0. The second-order valence-electron chi connectivity index (χ2n) is 12.2. The van der Waals surface area contributed by atoms with Crippen molar-refractivity contribution in [2.75, 3.05) is 6.61 Å². The molecule has 4 rings (SSSR count). The van der Waals surface area contributed by atoms with Crippen LogP contribution < -0.4 is 9.47 Å². The van der Waals surface area contributed by atoms with E-state index in [2.05, 4.69) is 20.8 Å². The molecule has 0 N–H and O–H groups in total. The summed E-state index contributed by atoms with van der Waals surface area (Å²) in [6.45, 7) is 9.17. The molecule has 4 aromatic rings. The maximum atomic E-state index is 13.0. The van der Waals surface area contributed by atoms with Gasteiger partial charge in [0.1, 0.15) is 17.6 Å². The van der Waals surface area contributed by atoms with Gasteiger partial charge in [0.15, 0.2) is 0 Å². The molecule has 0 heterocycles. The molecule has 0 aromatic heterocycles. The van der Waals surface area contributed by atoms with Crippen molar-refractivity contribution in [1.29, 1.82) is 0 Å². The van der Waals surface area contributed by atoms with Gasteiger partial charge in [-0.15, -0.1) is 0 Å². The van der Waals surface area contributed by atoms with E-state index in [4.69, 9.17) is 14.2 Å². The van der Waals surface area contributed by atoms with Gasteiger partial charge >= 0.3 is 11.9 Å². The molecule has 0 fully saturated rings. The molecule has 0 saturated carbocycles. The summed E-state index contributed by atoms with van der Waals surface area (Å²) in [5, 5.41) is 1.91. The summed E-state index contributed by atoms with van der Waals surface area (Å²) in [5.74, 6) is 0.403. The van der Waals surface area contributed by atoms with Gasteiger partial charge in [0, 0.05) is 0 Å². The molecule has 4 aromatic carbocycles. The maximum Gasteiger partial charge on any atom is 0.343 e. The van der Waals surface area contributed by atoms with Gasteiger partial charge in [0.25, 0.3) is 0 Å². The lowest BCUT2D eigenvalue weighted by molar-refractivity contribution is -0.151. The fourth-order valence-electron chi connectivity index (χ4n) is 5.53. The Bertz CT molecular complexity index is 1520. The third-order valence-corrected chi connectivity index (χ3v) is 8.52. The van der Waals surface area contributed by atoms with E-state index in [0.29, 0.717) is 11.3 Å². The van der Waals surface area contributed by atoms with Crippen molar-refractivity contribution in [3.8, 4) is 22.6 Å². The molecule has 0 amide bonds. The fraction of sp³-hybridized carbons (Fsp3) is 0.415. The smallest absolute Gasteiger partial charge is 0.343 e. The first kappa shape index (κ1) is 34.7. The number of carbonyl (C=O) groups excluding carboxylic acids is 2. The van der Waals surface area contributed by atoms with E-state index in [1.807, 2.05) is 73.7 Å². The van der Waals surface area contributed by atoms with E-state index < -0.39 is 5.97 Å². The number of esters is 2. The Kier molecular flexibility index (Phi) is 13.7. The van der Waals surface area contributed by atoms with Crippen LogP contribution in [0.15, 0.2) is 84.9 Å². The van der Waals surface area contributed by atoms with Crippen LogP contribution in [-0.4, -0.2) is 24.6 Å². The summed E-state index contributed by atoms with van der Waals surface area (Å²) in [5.41, 5.74) is 3.47. The van der Waals surface area contributed by atoms with Crippen LogP contribution in [0.1, 0.15) is 114 Å². The first-order chi connectivity index (χ1) is 22.4. The van der Waals surface area contributed by atoms with Crippen LogP contribution in [0.5, 0.6) is 11.5 Å². The van der Waals surface area contributed by atoms with Crippen LogP contribution >= 0.6 is 0 Å². The summed E-state index contributed by atoms with van der Waals surface area (Å²) in [6.07, 6.45) is 10.9. The average Bonchev–Trinajstić information content (AvgIpc) is 3.09. The van der Waals surface area contributed by atoms with Crippen molar-refractivity contribution in [3.05, 3.63) is 96.1 Å². The standard InChI is InChI=1S/C41H50O5/c1-5-8-11-12-27-44-37-24-21-32(22-25-37)31-15-17-33(18-16-31)41(43)46-39-26-23-35-28-34(19-20-36(35)29-39)30(4)40(42)45-38(13-9-6-2)14-10-7-3/h15-26,28-30,38H,5-14,27H2,1-4H3/t30-/m0/s1. The Balaban J connectivity index is 1.34. The Hall–Kier alpha value is -4.12. The highest BCUT2D eigenvalue weighted by Gasteiger charge is 2.21. The minimum Gasteiger partial charge on any atom is -0.494 e. The Morgan fingerprint density at radius 2 is 1.22 bits per heavy atom. The summed E-state index contributed by atoms with van der Waals surface area (Å²) in [4.78, 5) is 26.0. The molecule has 5 heteroatoms. The van der Waals surface area contributed by atoms with Crippen LogP contribution in [0.3, 0.4) is 0 Å². The van der Waals surface area contributed by atoms with Crippen molar-refractivity contribution >= 4 is 22.7 Å². The van der Waals surface area contributed by atoms with Gasteiger partial charge in [0.2, 0.25) is 0 Å². The van der Waals surface area contributed by atoms with Crippen molar-refractivity contribution in [1.82, 2.24) is 0 Å². The van der Waals surface area contributed by atoms with Crippen LogP contribution in [-0.2, 0) is 9.53 Å². The topological polar surface area (TPSA) is 61.8 Å². The Morgan fingerprint density at radius 3 is 1.87 bits per heavy atom. The van der Waals surface area contributed by atoms with Crippen LogP contribution in [0.25, 0.3) is 21.9 Å². The van der Waals surface area contributed by atoms with Crippen molar-refractivity contribution in [3.63, 3.8) is 0 Å². The fourth-order valence-corrected chi connectivity index (χ4v) is 5.53. The first-order valence-electron chi connectivity index (χ1n) is 17.2. The number of fused-ring (bicyclic) bond motifs is 1. The summed E-state index contributed by atoms with van der Waals surface area (Å²) in [7, 11) is 0. The predicted molar refractivity (Wildman–Crippen MR) is 188 cm³/mol. The highest BCUT2D eigenvalue weighted by Crippen LogP contribution is 2.28. The molecule has 0 aliphatic rings. The molecule has 46 heavy (non-hydrogen) atoms. The Labute approximate surface area is 275 Å². The number of rotatable bonds is 18.